The van der Waals surface area contributed by atoms with Gasteiger partial charge in [0, 0.05) is 55.3 Å². The van der Waals surface area contributed by atoms with Gasteiger partial charge in [0.2, 0.25) is 0 Å². The van der Waals surface area contributed by atoms with Crippen LogP contribution in [-0.4, -0.2) is 56.9 Å². The minimum absolute atomic E-state index is 0.210. The van der Waals surface area contributed by atoms with Crippen molar-refractivity contribution in [2.24, 2.45) is 0 Å². The monoisotopic (exact) mass is 470 g/mol. The second kappa shape index (κ2) is 11.1. The van der Waals surface area contributed by atoms with E-state index in [1.807, 2.05) is 12.3 Å². The van der Waals surface area contributed by atoms with Gasteiger partial charge in [-0.15, -0.1) is 0 Å². The van der Waals surface area contributed by atoms with E-state index < -0.39 is 5.97 Å². The van der Waals surface area contributed by atoms with E-state index in [0.29, 0.717) is 11.4 Å². The largest absolute Gasteiger partial charge is 0.481 e. The van der Waals surface area contributed by atoms with E-state index in [4.69, 9.17) is 26.5 Å². The molecule has 1 aliphatic heterocycles. The summed E-state index contributed by atoms with van der Waals surface area (Å²) >= 11 is 6.34. The molecule has 4 heterocycles. The lowest BCUT2D eigenvalue weighted by molar-refractivity contribution is -0.137. The minimum atomic E-state index is -0.739. The Bertz CT molecular complexity index is 1110. The Balaban J connectivity index is 1.78. The summed E-state index contributed by atoms with van der Waals surface area (Å²) in [6.45, 7) is 6.15. The summed E-state index contributed by atoms with van der Waals surface area (Å²) in [5, 5.41) is 14.7. The van der Waals surface area contributed by atoms with Gasteiger partial charge >= 0.3 is 5.97 Å². The molecule has 0 atom stereocenters. The number of fused-ring (bicyclic) bond motifs is 1. The normalized spacial score (nSPS) is 14.7. The zero-order valence-corrected chi connectivity index (χ0v) is 19.9. The maximum atomic E-state index is 10.9. The van der Waals surface area contributed by atoms with Gasteiger partial charge in [-0.1, -0.05) is 24.9 Å². The third-order valence-corrected chi connectivity index (χ3v) is 6.42. The van der Waals surface area contributed by atoms with Crippen molar-refractivity contribution in [3.8, 4) is 11.1 Å². The van der Waals surface area contributed by atoms with E-state index >= 15 is 0 Å². The number of aromatic nitrogens is 3. The Morgan fingerprint density at radius 3 is 2.73 bits per heavy atom. The second-order valence-electron chi connectivity index (χ2n) is 8.51. The van der Waals surface area contributed by atoms with Crippen LogP contribution >= 0.6 is 11.6 Å². The van der Waals surface area contributed by atoms with Crippen molar-refractivity contribution in [3.05, 3.63) is 52.6 Å². The highest BCUT2D eigenvalue weighted by molar-refractivity contribution is 6.30. The van der Waals surface area contributed by atoms with E-state index in [0.717, 1.165) is 86.6 Å². The van der Waals surface area contributed by atoms with Crippen LogP contribution in [-0.2, 0) is 28.9 Å². The predicted molar refractivity (Wildman–Crippen MR) is 129 cm³/mol. The maximum absolute atomic E-state index is 10.9. The van der Waals surface area contributed by atoms with Crippen molar-refractivity contribution in [3.63, 3.8) is 0 Å². The first kappa shape index (κ1) is 23.7. The molecule has 0 saturated carbocycles. The fourth-order valence-corrected chi connectivity index (χ4v) is 4.69. The number of hydrogen-bond acceptors (Lipinski definition) is 5. The lowest BCUT2D eigenvalue weighted by Crippen LogP contribution is -2.36. The van der Waals surface area contributed by atoms with Crippen LogP contribution in [0.1, 0.15) is 49.6 Å². The zero-order chi connectivity index (χ0) is 23.2. The summed E-state index contributed by atoms with van der Waals surface area (Å²) in [6.07, 6.45) is 7.90. The van der Waals surface area contributed by atoms with Gasteiger partial charge in [-0.25, -0.2) is 4.52 Å². The average molecular weight is 471 g/mol. The van der Waals surface area contributed by atoms with Gasteiger partial charge in [0.1, 0.15) is 0 Å². The molecule has 33 heavy (non-hydrogen) atoms. The van der Waals surface area contributed by atoms with E-state index in [-0.39, 0.29) is 6.42 Å². The average Bonchev–Trinajstić information content (AvgIpc) is 3.21. The summed E-state index contributed by atoms with van der Waals surface area (Å²) in [5.41, 5.74) is 6.60. The summed E-state index contributed by atoms with van der Waals surface area (Å²) in [4.78, 5) is 17.7. The van der Waals surface area contributed by atoms with Gasteiger partial charge < -0.3 is 9.84 Å². The number of hydrogen-bond donors (Lipinski definition) is 1. The van der Waals surface area contributed by atoms with E-state index in [1.54, 1.807) is 6.20 Å². The molecule has 0 amide bonds. The molecule has 3 aromatic heterocycles. The Labute approximate surface area is 199 Å². The molecular formula is C25H31ClN4O3. The third kappa shape index (κ3) is 5.72. The molecule has 0 aromatic carbocycles. The number of pyridine rings is 1. The predicted octanol–water partition coefficient (Wildman–Crippen LogP) is 4.63. The smallest absolute Gasteiger partial charge is 0.303 e. The number of carboxylic acids is 1. The molecular weight excluding hydrogens is 440 g/mol. The number of carboxylic acid groups (broad SMARTS) is 1. The van der Waals surface area contributed by atoms with Gasteiger partial charge in [-0.2, -0.15) is 5.10 Å². The van der Waals surface area contributed by atoms with Crippen LogP contribution in [0.3, 0.4) is 0 Å². The molecule has 3 aromatic rings. The van der Waals surface area contributed by atoms with Crippen LogP contribution in [0.4, 0.5) is 0 Å². The van der Waals surface area contributed by atoms with E-state index in [2.05, 4.69) is 33.5 Å². The Hall–Kier alpha value is -2.48. The molecule has 7 nitrogen and oxygen atoms in total. The molecule has 0 radical (unpaired) electrons. The van der Waals surface area contributed by atoms with Crippen LogP contribution in [0.15, 0.2) is 30.6 Å². The maximum Gasteiger partial charge on any atom is 0.303 e. The number of rotatable bonds is 10. The molecule has 1 saturated heterocycles. The Morgan fingerprint density at radius 1 is 1.18 bits per heavy atom. The lowest BCUT2D eigenvalue weighted by Gasteiger charge is -2.28. The SMILES string of the molecule is CCc1ccc2c(-c3cncc(Cl)c3)c(CCCCCC(=O)O)c(CN3CCOCC3)nn12. The molecule has 1 fully saturated rings. The highest BCUT2D eigenvalue weighted by Gasteiger charge is 2.21. The number of morpholine rings is 1. The van der Waals surface area contributed by atoms with Gasteiger partial charge in [-0.05, 0) is 49.4 Å². The van der Waals surface area contributed by atoms with E-state index in [1.165, 1.54) is 5.56 Å². The van der Waals surface area contributed by atoms with Gasteiger partial charge in [0.15, 0.2) is 0 Å². The number of carbonyl (C=O) groups is 1. The third-order valence-electron chi connectivity index (χ3n) is 6.21. The summed E-state index contributed by atoms with van der Waals surface area (Å²) < 4.78 is 7.61. The van der Waals surface area contributed by atoms with Gasteiger partial charge in [-0.3, -0.25) is 14.7 Å². The van der Waals surface area contributed by atoms with Crippen LogP contribution in [0.2, 0.25) is 5.02 Å². The molecule has 176 valence electrons. The molecule has 1 N–H and O–H groups in total. The molecule has 8 heteroatoms. The Kier molecular flexibility index (Phi) is 7.96. The first-order valence-electron chi connectivity index (χ1n) is 11.7. The number of aryl methyl sites for hydroxylation is 1. The highest BCUT2D eigenvalue weighted by atomic mass is 35.5. The highest BCUT2D eigenvalue weighted by Crippen LogP contribution is 2.34. The van der Waals surface area contributed by atoms with Crippen LogP contribution in [0, 0.1) is 0 Å². The van der Waals surface area contributed by atoms with Gasteiger partial charge in [0.25, 0.3) is 0 Å². The molecule has 0 aliphatic carbocycles. The standard InChI is InChI=1S/C25H31ClN4O3/c1-2-20-8-9-23-25(18-14-19(26)16-27-15-18)21(6-4-3-5-7-24(31)32)22(28-30(20)23)17-29-10-12-33-13-11-29/h8-9,14-16H,2-7,10-13,17H2,1H3,(H,31,32). The molecule has 0 unspecified atom stereocenters. The van der Waals surface area contributed by atoms with Crippen molar-refractivity contribution >= 4 is 23.1 Å². The quantitative estimate of drug-likeness (QED) is 0.435. The molecule has 0 spiro atoms. The summed E-state index contributed by atoms with van der Waals surface area (Å²) in [6, 6.07) is 6.24. The first-order chi connectivity index (χ1) is 16.1. The number of unbranched alkanes of at least 4 members (excludes halogenated alkanes) is 2. The topological polar surface area (TPSA) is 80.0 Å². The van der Waals surface area contributed by atoms with Crippen LogP contribution in [0.25, 0.3) is 16.6 Å². The van der Waals surface area contributed by atoms with E-state index in [9.17, 15) is 4.79 Å². The number of nitrogens with zero attached hydrogens (tertiary/aromatic N) is 4. The molecule has 1 aliphatic rings. The first-order valence-corrected chi connectivity index (χ1v) is 12.1. The van der Waals surface area contributed by atoms with Crippen molar-refractivity contribution in [1.29, 1.82) is 0 Å². The molecule has 0 bridgehead atoms. The lowest BCUT2D eigenvalue weighted by atomic mass is 9.94. The van der Waals surface area contributed by atoms with Crippen molar-refractivity contribution in [2.75, 3.05) is 26.3 Å². The van der Waals surface area contributed by atoms with Gasteiger partial charge in [0.05, 0.1) is 29.4 Å². The summed E-state index contributed by atoms with van der Waals surface area (Å²) in [5.74, 6) is -0.739. The fourth-order valence-electron chi connectivity index (χ4n) is 4.52. The Morgan fingerprint density at radius 2 is 2.00 bits per heavy atom. The number of aliphatic carboxylic acids is 1. The number of halogens is 1. The minimum Gasteiger partial charge on any atom is -0.481 e. The zero-order valence-electron chi connectivity index (χ0n) is 19.1. The fraction of sp³-hybridized carbons (Fsp3) is 0.480. The van der Waals surface area contributed by atoms with Crippen LogP contribution < -0.4 is 0 Å². The number of ether oxygens (including phenoxy) is 1. The molecule has 4 rings (SSSR count). The van der Waals surface area contributed by atoms with Crippen molar-refractivity contribution in [2.45, 2.75) is 52.0 Å². The van der Waals surface area contributed by atoms with Crippen molar-refractivity contribution < 1.29 is 14.6 Å². The summed E-state index contributed by atoms with van der Waals surface area (Å²) in [7, 11) is 0. The van der Waals surface area contributed by atoms with Crippen molar-refractivity contribution in [1.82, 2.24) is 19.5 Å². The second-order valence-corrected chi connectivity index (χ2v) is 8.95. The van der Waals surface area contributed by atoms with Crippen LogP contribution in [0.5, 0.6) is 0 Å².